The van der Waals surface area contributed by atoms with Gasteiger partial charge in [0.1, 0.15) is 11.3 Å². The smallest absolute Gasteiger partial charge is 0.146 e. The molecule has 1 aromatic carbocycles. The molecule has 0 fully saturated rings. The van der Waals surface area contributed by atoms with Crippen molar-refractivity contribution in [3.63, 3.8) is 0 Å². The number of nitrogens with zero attached hydrogens (tertiary/aromatic N) is 2. The van der Waals surface area contributed by atoms with Crippen LogP contribution >= 0.6 is 0 Å². The van der Waals surface area contributed by atoms with Crippen LogP contribution in [0.25, 0.3) is 16.5 Å². The SMILES string of the molecule is CCCC1=C(C)c2c(cc(OC)c3[nH]ncc23)NC1c1cn[nH]c1C. The molecule has 1 aliphatic heterocycles. The lowest BCUT2D eigenvalue weighted by molar-refractivity contribution is 0.419. The third kappa shape index (κ3) is 2.32. The van der Waals surface area contributed by atoms with Gasteiger partial charge in [-0.1, -0.05) is 13.3 Å². The summed E-state index contributed by atoms with van der Waals surface area (Å²) < 4.78 is 5.57. The van der Waals surface area contributed by atoms with Gasteiger partial charge >= 0.3 is 0 Å². The molecular formula is C19H23N5O. The molecule has 0 saturated carbocycles. The van der Waals surface area contributed by atoms with Gasteiger partial charge in [-0.2, -0.15) is 10.2 Å². The van der Waals surface area contributed by atoms with Crippen molar-refractivity contribution < 1.29 is 4.74 Å². The Balaban J connectivity index is 1.97. The molecular weight excluding hydrogens is 314 g/mol. The third-order valence-electron chi connectivity index (χ3n) is 5.12. The Kier molecular flexibility index (Phi) is 3.75. The fraction of sp³-hybridized carbons (Fsp3) is 0.368. The minimum atomic E-state index is 0.125. The summed E-state index contributed by atoms with van der Waals surface area (Å²) in [5.74, 6) is 0.799. The number of hydrogen-bond acceptors (Lipinski definition) is 4. The average molecular weight is 337 g/mol. The van der Waals surface area contributed by atoms with E-state index >= 15 is 0 Å². The van der Waals surface area contributed by atoms with Crippen LogP contribution in [0.2, 0.25) is 0 Å². The lowest BCUT2D eigenvalue weighted by Crippen LogP contribution is -2.20. The first kappa shape index (κ1) is 15.7. The van der Waals surface area contributed by atoms with Crippen LogP contribution in [0, 0.1) is 6.92 Å². The summed E-state index contributed by atoms with van der Waals surface area (Å²) in [6, 6.07) is 2.19. The number of H-pyrrole nitrogens is 2. The lowest BCUT2D eigenvalue weighted by Gasteiger charge is -2.32. The van der Waals surface area contributed by atoms with Crippen molar-refractivity contribution in [2.45, 2.75) is 39.7 Å². The van der Waals surface area contributed by atoms with Gasteiger partial charge in [0, 0.05) is 34.0 Å². The molecule has 1 unspecified atom stereocenters. The molecule has 0 amide bonds. The fourth-order valence-corrected chi connectivity index (χ4v) is 3.90. The van der Waals surface area contributed by atoms with Crippen LogP contribution in [-0.4, -0.2) is 27.5 Å². The standard InChI is InChI=1S/C19H23N5O/c1-5-6-12-10(2)17-14-9-21-24-19(14)16(25-4)7-15(17)22-18(12)13-8-20-23-11(13)3/h7-9,18,22H,5-6H2,1-4H3,(H,20,23)(H,21,24). The molecule has 1 atom stereocenters. The summed E-state index contributed by atoms with van der Waals surface area (Å²) in [7, 11) is 1.69. The Morgan fingerprint density at radius 3 is 2.64 bits per heavy atom. The monoisotopic (exact) mass is 337 g/mol. The van der Waals surface area contributed by atoms with E-state index in [1.807, 2.05) is 12.4 Å². The molecule has 6 nitrogen and oxygen atoms in total. The minimum Gasteiger partial charge on any atom is -0.494 e. The lowest BCUT2D eigenvalue weighted by atomic mass is 9.84. The molecule has 0 radical (unpaired) electrons. The quantitative estimate of drug-likeness (QED) is 0.661. The van der Waals surface area contributed by atoms with Gasteiger partial charge in [-0.25, -0.2) is 0 Å². The highest BCUT2D eigenvalue weighted by molar-refractivity contribution is 6.02. The van der Waals surface area contributed by atoms with Gasteiger partial charge in [-0.15, -0.1) is 0 Å². The van der Waals surface area contributed by atoms with Crippen molar-refractivity contribution in [3.8, 4) is 5.75 Å². The van der Waals surface area contributed by atoms with Crippen LogP contribution in [0.5, 0.6) is 5.75 Å². The number of aryl methyl sites for hydroxylation is 1. The van der Waals surface area contributed by atoms with Crippen molar-refractivity contribution in [1.29, 1.82) is 0 Å². The second-order valence-corrected chi connectivity index (χ2v) is 6.59. The van der Waals surface area contributed by atoms with E-state index < -0.39 is 0 Å². The van der Waals surface area contributed by atoms with Gasteiger partial charge in [-0.05, 0) is 31.4 Å². The zero-order valence-corrected chi connectivity index (χ0v) is 15.0. The molecule has 3 aromatic rings. The molecule has 3 heterocycles. The first-order valence-corrected chi connectivity index (χ1v) is 8.66. The van der Waals surface area contributed by atoms with E-state index in [2.05, 4.69) is 52.5 Å². The number of allylic oxidation sites excluding steroid dienone is 1. The van der Waals surface area contributed by atoms with E-state index in [1.165, 1.54) is 22.3 Å². The summed E-state index contributed by atoms with van der Waals surface area (Å²) in [6.07, 6.45) is 5.95. The van der Waals surface area contributed by atoms with E-state index in [9.17, 15) is 0 Å². The van der Waals surface area contributed by atoms with Crippen molar-refractivity contribution in [2.75, 3.05) is 12.4 Å². The maximum atomic E-state index is 5.57. The highest BCUT2D eigenvalue weighted by atomic mass is 16.5. The maximum absolute atomic E-state index is 5.57. The van der Waals surface area contributed by atoms with Crippen molar-refractivity contribution >= 4 is 22.2 Å². The Morgan fingerprint density at radius 2 is 1.96 bits per heavy atom. The number of nitrogens with one attached hydrogen (secondary N) is 3. The second-order valence-electron chi connectivity index (χ2n) is 6.59. The summed E-state index contributed by atoms with van der Waals surface area (Å²) in [5, 5.41) is 19.4. The van der Waals surface area contributed by atoms with E-state index in [0.717, 1.165) is 40.9 Å². The average Bonchev–Trinajstić information content (AvgIpc) is 3.25. The molecule has 4 rings (SSSR count). The van der Waals surface area contributed by atoms with Crippen molar-refractivity contribution in [3.05, 3.63) is 40.9 Å². The minimum absolute atomic E-state index is 0.125. The summed E-state index contributed by atoms with van der Waals surface area (Å²) in [6.45, 7) is 6.50. The highest BCUT2D eigenvalue weighted by Gasteiger charge is 2.29. The van der Waals surface area contributed by atoms with E-state index in [1.54, 1.807) is 7.11 Å². The molecule has 6 heteroatoms. The maximum Gasteiger partial charge on any atom is 0.146 e. The Morgan fingerprint density at radius 1 is 1.16 bits per heavy atom. The van der Waals surface area contributed by atoms with Crippen molar-refractivity contribution in [2.24, 2.45) is 0 Å². The molecule has 25 heavy (non-hydrogen) atoms. The van der Waals surface area contributed by atoms with Gasteiger partial charge < -0.3 is 10.1 Å². The Bertz CT molecular complexity index is 966. The highest BCUT2D eigenvalue weighted by Crippen LogP contribution is 2.47. The van der Waals surface area contributed by atoms with Crippen LogP contribution < -0.4 is 10.1 Å². The van der Waals surface area contributed by atoms with Gasteiger partial charge in [0.15, 0.2) is 0 Å². The topological polar surface area (TPSA) is 78.6 Å². The number of ether oxygens (including phenoxy) is 1. The number of aromatic amines is 2. The first-order valence-electron chi connectivity index (χ1n) is 8.66. The van der Waals surface area contributed by atoms with E-state index in [4.69, 9.17) is 4.74 Å². The molecule has 130 valence electrons. The Labute approximate surface area is 146 Å². The van der Waals surface area contributed by atoms with Crippen LogP contribution in [0.15, 0.2) is 24.0 Å². The van der Waals surface area contributed by atoms with Crippen LogP contribution in [0.4, 0.5) is 5.69 Å². The van der Waals surface area contributed by atoms with Crippen LogP contribution in [0.3, 0.4) is 0 Å². The summed E-state index contributed by atoms with van der Waals surface area (Å²) >= 11 is 0. The molecule has 0 aliphatic carbocycles. The van der Waals surface area contributed by atoms with Gasteiger partial charge in [0.25, 0.3) is 0 Å². The zero-order chi connectivity index (χ0) is 17.6. The van der Waals surface area contributed by atoms with E-state index in [0.29, 0.717) is 0 Å². The largest absolute Gasteiger partial charge is 0.494 e. The molecule has 0 bridgehead atoms. The molecule has 0 saturated heterocycles. The van der Waals surface area contributed by atoms with Crippen molar-refractivity contribution in [1.82, 2.24) is 20.4 Å². The van der Waals surface area contributed by atoms with Gasteiger partial charge in [0.05, 0.1) is 25.5 Å². The number of methoxy groups -OCH3 is 1. The first-order chi connectivity index (χ1) is 12.2. The number of fused-ring (bicyclic) bond motifs is 3. The number of hydrogen-bond donors (Lipinski definition) is 3. The Hall–Kier alpha value is -2.76. The number of anilines is 1. The van der Waals surface area contributed by atoms with Crippen LogP contribution in [0.1, 0.15) is 49.6 Å². The molecule has 0 spiro atoms. The van der Waals surface area contributed by atoms with Crippen LogP contribution in [-0.2, 0) is 0 Å². The second kappa shape index (κ2) is 5.95. The van der Waals surface area contributed by atoms with Gasteiger partial charge in [0.2, 0.25) is 0 Å². The fourth-order valence-electron chi connectivity index (χ4n) is 3.90. The number of benzene rings is 1. The predicted octanol–water partition coefficient (Wildman–Crippen LogP) is 4.34. The third-order valence-corrected chi connectivity index (χ3v) is 5.12. The number of rotatable bonds is 4. The summed E-state index contributed by atoms with van der Waals surface area (Å²) in [4.78, 5) is 0. The van der Waals surface area contributed by atoms with E-state index in [-0.39, 0.29) is 6.04 Å². The normalized spacial score (nSPS) is 16.9. The number of aromatic nitrogens is 4. The molecule has 2 aromatic heterocycles. The predicted molar refractivity (Wildman–Crippen MR) is 99.8 cm³/mol. The molecule has 3 N–H and O–H groups in total. The zero-order valence-electron chi connectivity index (χ0n) is 15.0. The summed E-state index contributed by atoms with van der Waals surface area (Å²) in [5.41, 5.74) is 8.25. The van der Waals surface area contributed by atoms with Gasteiger partial charge in [-0.3, -0.25) is 10.2 Å². The molecule has 1 aliphatic rings.